The first-order chi connectivity index (χ1) is 7.66. The highest BCUT2D eigenvalue weighted by Gasteiger charge is 2.00. The molecule has 4 N–H and O–H groups in total. The fourth-order valence-electron chi connectivity index (χ4n) is 1.50. The number of aromatic amines is 1. The Morgan fingerprint density at radius 3 is 2.81 bits per heavy atom. The van der Waals surface area contributed by atoms with E-state index in [1.54, 1.807) is 0 Å². The van der Waals surface area contributed by atoms with Crippen LogP contribution in [0.25, 0.3) is 0 Å². The van der Waals surface area contributed by atoms with Crippen molar-refractivity contribution >= 4 is 11.4 Å². The van der Waals surface area contributed by atoms with Crippen molar-refractivity contribution in [2.24, 2.45) is 0 Å². The number of nitrogens with one attached hydrogen (secondary N) is 2. The highest BCUT2D eigenvalue weighted by atomic mass is 15.1. The third kappa shape index (κ3) is 2.16. The average molecular weight is 216 g/mol. The van der Waals surface area contributed by atoms with Crippen LogP contribution in [0.1, 0.15) is 16.8 Å². The zero-order valence-electron chi connectivity index (χ0n) is 9.54. The quantitative estimate of drug-likeness (QED) is 0.689. The summed E-state index contributed by atoms with van der Waals surface area (Å²) >= 11 is 0. The van der Waals surface area contributed by atoms with E-state index in [0.29, 0.717) is 0 Å². The molecule has 2 rings (SSSR count). The van der Waals surface area contributed by atoms with E-state index in [-0.39, 0.29) is 0 Å². The minimum absolute atomic E-state index is 0.755. The van der Waals surface area contributed by atoms with E-state index in [9.17, 15) is 0 Å². The van der Waals surface area contributed by atoms with Crippen molar-refractivity contribution in [3.8, 4) is 0 Å². The predicted molar refractivity (Wildman–Crippen MR) is 66.2 cm³/mol. The average Bonchev–Trinajstić information content (AvgIpc) is 2.66. The number of hydrogen-bond acceptors (Lipinski definition) is 3. The minimum Gasteiger partial charge on any atom is -0.398 e. The number of nitrogens with two attached hydrogens (primary N) is 1. The van der Waals surface area contributed by atoms with Gasteiger partial charge in [0.1, 0.15) is 0 Å². The Morgan fingerprint density at radius 1 is 1.38 bits per heavy atom. The molecule has 0 atom stereocenters. The summed E-state index contributed by atoms with van der Waals surface area (Å²) in [5.74, 6) is 0. The molecule has 2 aromatic rings. The second-order valence-corrected chi connectivity index (χ2v) is 3.95. The first-order valence-electron chi connectivity index (χ1n) is 5.25. The van der Waals surface area contributed by atoms with Crippen molar-refractivity contribution in [1.29, 1.82) is 0 Å². The van der Waals surface area contributed by atoms with Crippen molar-refractivity contribution < 1.29 is 0 Å². The maximum absolute atomic E-state index is 5.84. The number of anilines is 2. The van der Waals surface area contributed by atoms with Gasteiger partial charge >= 0.3 is 0 Å². The smallest absolute Gasteiger partial charge is 0.0539 e. The molecule has 1 aromatic heterocycles. The van der Waals surface area contributed by atoms with Crippen LogP contribution in [-0.4, -0.2) is 10.2 Å². The second kappa shape index (κ2) is 4.26. The van der Waals surface area contributed by atoms with Gasteiger partial charge in [-0.25, -0.2) is 0 Å². The summed E-state index contributed by atoms with van der Waals surface area (Å²) in [6.07, 6.45) is 1.83. The summed E-state index contributed by atoms with van der Waals surface area (Å²) in [6.45, 7) is 4.76. The minimum atomic E-state index is 0.755. The van der Waals surface area contributed by atoms with E-state index in [4.69, 9.17) is 5.73 Å². The predicted octanol–water partition coefficient (Wildman–Crippen LogP) is 2.22. The number of benzene rings is 1. The molecule has 0 unspecified atom stereocenters. The topological polar surface area (TPSA) is 66.7 Å². The Hall–Kier alpha value is -1.97. The molecule has 0 fully saturated rings. The Labute approximate surface area is 94.9 Å². The van der Waals surface area contributed by atoms with Crippen LogP contribution in [0.5, 0.6) is 0 Å². The van der Waals surface area contributed by atoms with Gasteiger partial charge in [0, 0.05) is 29.2 Å². The van der Waals surface area contributed by atoms with Gasteiger partial charge < -0.3 is 11.1 Å². The maximum Gasteiger partial charge on any atom is 0.0539 e. The molecule has 84 valence electrons. The van der Waals surface area contributed by atoms with Gasteiger partial charge in [-0.3, -0.25) is 5.10 Å². The number of nitrogen functional groups attached to an aromatic ring is 1. The number of aryl methyl sites for hydroxylation is 2. The van der Waals surface area contributed by atoms with Crippen molar-refractivity contribution in [3.05, 3.63) is 41.2 Å². The van der Waals surface area contributed by atoms with E-state index in [0.717, 1.165) is 29.2 Å². The van der Waals surface area contributed by atoms with Crippen molar-refractivity contribution in [2.45, 2.75) is 20.4 Å². The molecule has 0 radical (unpaired) electrons. The molecule has 4 heteroatoms. The lowest BCUT2D eigenvalue weighted by Crippen LogP contribution is -2.01. The van der Waals surface area contributed by atoms with Gasteiger partial charge in [-0.15, -0.1) is 0 Å². The molecule has 0 amide bonds. The number of aromatic nitrogens is 2. The normalized spacial score (nSPS) is 10.4. The third-order valence-corrected chi connectivity index (χ3v) is 2.70. The largest absolute Gasteiger partial charge is 0.398 e. The molecule has 0 aliphatic rings. The van der Waals surface area contributed by atoms with E-state index < -0.39 is 0 Å². The SMILES string of the molecule is Cc1ccc(NCc2cn[nH]c2C)cc1N. The molecule has 0 aliphatic carbocycles. The van der Waals surface area contributed by atoms with E-state index in [1.165, 1.54) is 5.56 Å². The standard InChI is InChI=1S/C12H16N4/c1-8-3-4-11(5-12(8)13)14-6-10-7-15-16-9(10)2/h3-5,7,14H,6,13H2,1-2H3,(H,15,16). The van der Waals surface area contributed by atoms with Crippen LogP contribution in [0, 0.1) is 13.8 Å². The highest BCUT2D eigenvalue weighted by Crippen LogP contribution is 2.17. The summed E-state index contributed by atoms with van der Waals surface area (Å²) in [4.78, 5) is 0. The number of nitrogens with zero attached hydrogens (tertiary/aromatic N) is 1. The first kappa shape index (κ1) is 10.5. The Kier molecular flexibility index (Phi) is 2.81. The van der Waals surface area contributed by atoms with Crippen LogP contribution >= 0.6 is 0 Å². The summed E-state index contributed by atoms with van der Waals surface area (Å²) < 4.78 is 0. The van der Waals surface area contributed by atoms with E-state index >= 15 is 0 Å². The number of rotatable bonds is 3. The number of H-pyrrole nitrogens is 1. The third-order valence-electron chi connectivity index (χ3n) is 2.70. The molecule has 16 heavy (non-hydrogen) atoms. The van der Waals surface area contributed by atoms with E-state index in [2.05, 4.69) is 15.5 Å². The summed E-state index contributed by atoms with van der Waals surface area (Å²) in [5, 5.41) is 10.2. The van der Waals surface area contributed by atoms with Gasteiger partial charge in [0.15, 0.2) is 0 Å². The van der Waals surface area contributed by atoms with Crippen molar-refractivity contribution in [3.63, 3.8) is 0 Å². The van der Waals surface area contributed by atoms with Crippen LogP contribution in [0.2, 0.25) is 0 Å². The van der Waals surface area contributed by atoms with Crippen molar-refractivity contribution in [2.75, 3.05) is 11.1 Å². The molecular weight excluding hydrogens is 200 g/mol. The monoisotopic (exact) mass is 216 g/mol. The zero-order chi connectivity index (χ0) is 11.5. The molecule has 4 nitrogen and oxygen atoms in total. The van der Waals surface area contributed by atoms with Crippen molar-refractivity contribution in [1.82, 2.24) is 10.2 Å². The molecule has 0 spiro atoms. The van der Waals surface area contributed by atoms with Gasteiger partial charge in [0.05, 0.1) is 6.20 Å². The molecule has 1 heterocycles. The highest BCUT2D eigenvalue weighted by molar-refractivity contribution is 5.58. The van der Waals surface area contributed by atoms with Gasteiger partial charge in [-0.2, -0.15) is 5.10 Å². The van der Waals surface area contributed by atoms with E-state index in [1.807, 2.05) is 38.2 Å². The summed E-state index contributed by atoms with van der Waals surface area (Å²) in [6, 6.07) is 5.99. The molecule has 0 saturated carbocycles. The van der Waals surface area contributed by atoms with Gasteiger partial charge in [0.2, 0.25) is 0 Å². The summed E-state index contributed by atoms with van der Waals surface area (Å²) in [7, 11) is 0. The first-order valence-corrected chi connectivity index (χ1v) is 5.25. The molecule has 0 saturated heterocycles. The van der Waals surface area contributed by atoms with Gasteiger partial charge in [-0.1, -0.05) is 6.07 Å². The molecular formula is C12H16N4. The summed E-state index contributed by atoms with van der Waals surface area (Å²) in [5.41, 5.74) is 11.0. The fraction of sp³-hybridized carbons (Fsp3) is 0.250. The van der Waals surface area contributed by atoms with Crippen LogP contribution < -0.4 is 11.1 Å². The number of hydrogen-bond donors (Lipinski definition) is 3. The Bertz CT molecular complexity index is 488. The van der Waals surface area contributed by atoms with Gasteiger partial charge in [0.25, 0.3) is 0 Å². The lowest BCUT2D eigenvalue weighted by molar-refractivity contribution is 1.04. The van der Waals surface area contributed by atoms with Crippen LogP contribution in [0.15, 0.2) is 24.4 Å². The van der Waals surface area contributed by atoms with Crippen LogP contribution in [-0.2, 0) is 6.54 Å². The van der Waals surface area contributed by atoms with Crippen LogP contribution in [0.3, 0.4) is 0 Å². The second-order valence-electron chi connectivity index (χ2n) is 3.95. The lowest BCUT2D eigenvalue weighted by atomic mass is 10.2. The molecule has 1 aromatic carbocycles. The Balaban J connectivity index is 2.05. The lowest BCUT2D eigenvalue weighted by Gasteiger charge is -2.07. The Morgan fingerprint density at radius 2 is 2.19 bits per heavy atom. The molecule has 0 aliphatic heterocycles. The van der Waals surface area contributed by atoms with Gasteiger partial charge in [-0.05, 0) is 31.5 Å². The van der Waals surface area contributed by atoms with Crippen LogP contribution in [0.4, 0.5) is 11.4 Å². The zero-order valence-corrected chi connectivity index (χ0v) is 9.54. The maximum atomic E-state index is 5.84. The molecule has 0 bridgehead atoms. The fourth-order valence-corrected chi connectivity index (χ4v) is 1.50.